The van der Waals surface area contributed by atoms with Crippen molar-refractivity contribution in [3.05, 3.63) is 53.7 Å². The Balaban J connectivity index is 1.85. The van der Waals surface area contributed by atoms with Gasteiger partial charge in [-0.05, 0) is 30.7 Å². The van der Waals surface area contributed by atoms with Gasteiger partial charge in [0.1, 0.15) is 6.04 Å². The zero-order chi connectivity index (χ0) is 17.1. The molecule has 0 aliphatic carbocycles. The van der Waals surface area contributed by atoms with Gasteiger partial charge in [-0.1, -0.05) is 18.5 Å². The number of carbonyl (C=O) groups is 1. The summed E-state index contributed by atoms with van der Waals surface area (Å²) < 4.78 is 1.68. The molecule has 0 fully saturated rings. The molecular formula is C17H17ClN4O2. The van der Waals surface area contributed by atoms with E-state index < -0.39 is 6.04 Å². The molecule has 2 N–H and O–H groups in total. The summed E-state index contributed by atoms with van der Waals surface area (Å²) in [6.07, 6.45) is 5.55. The number of hydrogen-bond acceptors (Lipinski definition) is 4. The van der Waals surface area contributed by atoms with E-state index in [1.807, 2.05) is 13.0 Å². The molecule has 6 nitrogen and oxygen atoms in total. The van der Waals surface area contributed by atoms with E-state index in [4.69, 9.17) is 11.6 Å². The summed E-state index contributed by atoms with van der Waals surface area (Å²) in [6.45, 7) is 1.65. The summed E-state index contributed by atoms with van der Waals surface area (Å²) in [7, 11) is 0. The molecule has 0 saturated heterocycles. The smallest absolute Gasteiger partial charge is 0.249 e. The van der Waals surface area contributed by atoms with Crippen LogP contribution in [0.15, 0.2) is 43.0 Å². The number of imidazole rings is 1. The third-order valence-electron chi connectivity index (χ3n) is 3.83. The van der Waals surface area contributed by atoms with Crippen LogP contribution >= 0.6 is 11.6 Å². The molecule has 2 aromatic heterocycles. The van der Waals surface area contributed by atoms with E-state index in [1.54, 1.807) is 41.5 Å². The Morgan fingerprint density at radius 2 is 2.21 bits per heavy atom. The zero-order valence-electron chi connectivity index (χ0n) is 13.1. The molecule has 0 aliphatic rings. The minimum absolute atomic E-state index is 0.317. The van der Waals surface area contributed by atoms with Gasteiger partial charge in [-0.3, -0.25) is 9.78 Å². The number of hydrogen-bond donors (Lipinski definition) is 2. The van der Waals surface area contributed by atoms with Crippen LogP contribution < -0.4 is 5.32 Å². The van der Waals surface area contributed by atoms with Crippen molar-refractivity contribution in [3.63, 3.8) is 0 Å². The maximum Gasteiger partial charge on any atom is 0.249 e. The number of rotatable bonds is 5. The van der Waals surface area contributed by atoms with E-state index in [-0.39, 0.29) is 12.5 Å². The minimum Gasteiger partial charge on any atom is -0.394 e. The largest absolute Gasteiger partial charge is 0.394 e. The number of pyridine rings is 1. The Hall–Kier alpha value is -2.44. The van der Waals surface area contributed by atoms with Crippen LogP contribution in [0, 0.1) is 0 Å². The van der Waals surface area contributed by atoms with Gasteiger partial charge in [0.05, 0.1) is 30.3 Å². The first-order valence-corrected chi connectivity index (χ1v) is 7.98. The number of aryl methyl sites for hydroxylation is 1. The number of nitrogens with zero attached hydrogens (tertiary/aromatic N) is 3. The fourth-order valence-corrected chi connectivity index (χ4v) is 2.76. The number of anilines is 1. The van der Waals surface area contributed by atoms with Crippen molar-refractivity contribution >= 4 is 34.1 Å². The van der Waals surface area contributed by atoms with Crippen LogP contribution in [0.25, 0.3) is 10.9 Å². The summed E-state index contributed by atoms with van der Waals surface area (Å²) >= 11 is 5.99. The van der Waals surface area contributed by atoms with Crippen molar-refractivity contribution in [1.29, 1.82) is 0 Å². The molecule has 1 unspecified atom stereocenters. The Kier molecular flexibility index (Phi) is 4.78. The predicted molar refractivity (Wildman–Crippen MR) is 93.1 cm³/mol. The number of carbonyl (C=O) groups excluding carboxylic acids is 1. The standard InChI is InChI=1S/C17H17ClN4O2/c1-2-14-8-19-10-22(14)16(9-23)17(24)21-13-6-11-5-12(18)3-4-15(11)20-7-13/h3-8,10,16,23H,2,9H2,1H3,(H,21,24). The topological polar surface area (TPSA) is 80.0 Å². The average Bonchev–Trinajstić information content (AvgIpc) is 3.03. The predicted octanol–water partition coefficient (Wildman–Crippen LogP) is 2.82. The highest BCUT2D eigenvalue weighted by Gasteiger charge is 2.21. The van der Waals surface area contributed by atoms with Gasteiger partial charge in [0.15, 0.2) is 0 Å². The third kappa shape index (κ3) is 3.25. The number of aliphatic hydroxyl groups is 1. The molecule has 0 saturated carbocycles. The highest BCUT2D eigenvalue weighted by Crippen LogP contribution is 2.21. The van der Waals surface area contributed by atoms with Crippen LogP contribution in [0.5, 0.6) is 0 Å². The Bertz CT molecular complexity index is 878. The van der Waals surface area contributed by atoms with Crippen LogP contribution in [0.3, 0.4) is 0 Å². The fourth-order valence-electron chi connectivity index (χ4n) is 2.58. The van der Waals surface area contributed by atoms with E-state index in [2.05, 4.69) is 15.3 Å². The summed E-state index contributed by atoms with van der Waals surface area (Å²) in [4.78, 5) is 20.9. The number of halogens is 1. The van der Waals surface area contributed by atoms with Crippen molar-refractivity contribution in [2.24, 2.45) is 0 Å². The zero-order valence-corrected chi connectivity index (χ0v) is 13.9. The van der Waals surface area contributed by atoms with E-state index in [1.165, 1.54) is 0 Å². The molecule has 0 radical (unpaired) electrons. The third-order valence-corrected chi connectivity index (χ3v) is 4.07. The van der Waals surface area contributed by atoms with Crippen molar-refractivity contribution in [3.8, 4) is 0 Å². The summed E-state index contributed by atoms with van der Waals surface area (Å²) in [5.74, 6) is -0.326. The SMILES string of the molecule is CCc1cncn1C(CO)C(=O)Nc1cnc2ccc(Cl)cc2c1. The van der Waals surface area contributed by atoms with E-state index in [0.717, 1.165) is 23.0 Å². The second kappa shape index (κ2) is 6.98. The van der Waals surface area contributed by atoms with E-state index in [9.17, 15) is 9.90 Å². The van der Waals surface area contributed by atoms with Gasteiger partial charge in [0.2, 0.25) is 5.91 Å². The van der Waals surface area contributed by atoms with Gasteiger partial charge >= 0.3 is 0 Å². The lowest BCUT2D eigenvalue weighted by Crippen LogP contribution is -2.29. The molecule has 0 aliphatic heterocycles. The first kappa shape index (κ1) is 16.4. The van der Waals surface area contributed by atoms with Gasteiger partial charge in [-0.2, -0.15) is 0 Å². The second-order valence-corrected chi connectivity index (χ2v) is 5.83. The molecule has 3 rings (SSSR count). The van der Waals surface area contributed by atoms with Crippen molar-refractivity contribution in [2.75, 3.05) is 11.9 Å². The first-order valence-electron chi connectivity index (χ1n) is 7.60. The molecule has 0 bridgehead atoms. The molecule has 3 aromatic rings. The summed E-state index contributed by atoms with van der Waals surface area (Å²) in [6, 6.07) is 6.43. The maximum absolute atomic E-state index is 12.5. The number of aliphatic hydroxyl groups excluding tert-OH is 1. The highest BCUT2D eigenvalue weighted by atomic mass is 35.5. The van der Waals surface area contributed by atoms with Gasteiger partial charge < -0.3 is 15.0 Å². The number of aromatic nitrogens is 3. The van der Waals surface area contributed by atoms with Crippen LogP contribution in [0.2, 0.25) is 5.02 Å². The minimum atomic E-state index is -0.738. The molecule has 124 valence electrons. The summed E-state index contributed by atoms with van der Waals surface area (Å²) in [5.41, 5.74) is 2.22. The normalized spacial score (nSPS) is 12.3. The molecule has 1 amide bonds. The maximum atomic E-state index is 12.5. The lowest BCUT2D eigenvalue weighted by Gasteiger charge is -2.18. The van der Waals surface area contributed by atoms with E-state index >= 15 is 0 Å². The van der Waals surface area contributed by atoms with Crippen LogP contribution in [0.1, 0.15) is 18.7 Å². The molecular weight excluding hydrogens is 328 g/mol. The lowest BCUT2D eigenvalue weighted by atomic mass is 10.2. The van der Waals surface area contributed by atoms with E-state index in [0.29, 0.717) is 10.7 Å². The molecule has 2 heterocycles. The van der Waals surface area contributed by atoms with Gasteiger partial charge in [0.25, 0.3) is 0 Å². The second-order valence-electron chi connectivity index (χ2n) is 5.39. The van der Waals surface area contributed by atoms with Gasteiger partial charge in [-0.25, -0.2) is 4.98 Å². The fraction of sp³-hybridized carbons (Fsp3) is 0.235. The van der Waals surface area contributed by atoms with Crippen LogP contribution in [-0.4, -0.2) is 32.2 Å². The Morgan fingerprint density at radius 3 is 2.96 bits per heavy atom. The van der Waals surface area contributed by atoms with Crippen molar-refractivity contribution < 1.29 is 9.90 Å². The molecule has 1 atom stereocenters. The Labute approximate surface area is 144 Å². The van der Waals surface area contributed by atoms with Gasteiger partial charge in [-0.15, -0.1) is 0 Å². The number of benzene rings is 1. The van der Waals surface area contributed by atoms with Crippen LogP contribution in [0.4, 0.5) is 5.69 Å². The average molecular weight is 345 g/mol. The van der Waals surface area contributed by atoms with Crippen molar-refractivity contribution in [2.45, 2.75) is 19.4 Å². The monoisotopic (exact) mass is 344 g/mol. The molecule has 0 spiro atoms. The molecule has 7 heteroatoms. The lowest BCUT2D eigenvalue weighted by molar-refractivity contribution is -0.120. The van der Waals surface area contributed by atoms with Crippen molar-refractivity contribution in [1.82, 2.24) is 14.5 Å². The Morgan fingerprint density at radius 1 is 1.38 bits per heavy atom. The number of nitrogens with one attached hydrogen (secondary N) is 1. The first-order chi connectivity index (χ1) is 11.6. The quantitative estimate of drug-likeness (QED) is 0.745. The molecule has 1 aromatic carbocycles. The molecule has 24 heavy (non-hydrogen) atoms. The highest BCUT2D eigenvalue weighted by molar-refractivity contribution is 6.31. The van der Waals surface area contributed by atoms with Crippen LogP contribution in [-0.2, 0) is 11.2 Å². The number of fused-ring (bicyclic) bond motifs is 1. The summed E-state index contributed by atoms with van der Waals surface area (Å²) in [5, 5.41) is 13.9. The van der Waals surface area contributed by atoms with Gasteiger partial charge in [0, 0.05) is 22.3 Å². The number of amides is 1.